The second kappa shape index (κ2) is 7.61. The van der Waals surface area contributed by atoms with Crippen LogP contribution in [0.25, 0.3) is 0 Å². The maximum absolute atomic E-state index is 13.3. The van der Waals surface area contributed by atoms with Crippen LogP contribution in [0.3, 0.4) is 0 Å². The van der Waals surface area contributed by atoms with Crippen LogP contribution < -0.4 is 0 Å². The van der Waals surface area contributed by atoms with Gasteiger partial charge in [-0.25, -0.2) is 8.42 Å². The summed E-state index contributed by atoms with van der Waals surface area (Å²) in [4.78, 5) is 13.4. The molecule has 0 unspecified atom stereocenters. The van der Waals surface area contributed by atoms with E-state index < -0.39 is 10.0 Å². The molecule has 1 heterocycles. The maximum atomic E-state index is 13.3. The number of ketones is 1. The van der Waals surface area contributed by atoms with E-state index in [-0.39, 0.29) is 11.2 Å². The standard InChI is InChI=1S/C25H31NO3S/c1-5-6-7-21-22-16-26(30(28,29)20-10-8-17(2)9-11-20)15-19(22)12-18-13-25(3,4)14-23(27)24(18)21/h8-12H,5-7,13-16H2,1-4H3. The summed E-state index contributed by atoms with van der Waals surface area (Å²) in [6.07, 6.45) is 4.31. The van der Waals surface area contributed by atoms with Crippen LogP contribution in [0.2, 0.25) is 0 Å². The molecule has 0 atom stereocenters. The number of nitrogens with zero attached hydrogens (tertiary/aromatic N) is 1. The van der Waals surface area contributed by atoms with Crippen molar-refractivity contribution in [2.24, 2.45) is 5.41 Å². The zero-order valence-electron chi connectivity index (χ0n) is 18.4. The van der Waals surface area contributed by atoms with Crippen molar-refractivity contribution < 1.29 is 13.2 Å². The zero-order chi connectivity index (χ0) is 21.7. The minimum Gasteiger partial charge on any atom is -0.294 e. The van der Waals surface area contributed by atoms with Gasteiger partial charge in [-0.1, -0.05) is 51.0 Å². The van der Waals surface area contributed by atoms with Crippen LogP contribution in [0.1, 0.15) is 78.2 Å². The van der Waals surface area contributed by atoms with Crippen molar-refractivity contribution in [1.29, 1.82) is 0 Å². The fourth-order valence-corrected chi connectivity index (χ4v) is 6.30. The lowest BCUT2D eigenvalue weighted by atomic mass is 9.71. The number of hydrogen-bond donors (Lipinski definition) is 0. The molecule has 2 aliphatic rings. The van der Waals surface area contributed by atoms with E-state index in [1.54, 1.807) is 16.4 Å². The van der Waals surface area contributed by atoms with E-state index in [4.69, 9.17) is 0 Å². The molecule has 160 valence electrons. The molecule has 2 aromatic carbocycles. The van der Waals surface area contributed by atoms with Crippen molar-refractivity contribution in [3.63, 3.8) is 0 Å². The van der Waals surface area contributed by atoms with Gasteiger partial charge in [0, 0.05) is 25.1 Å². The fraction of sp³-hybridized carbons (Fsp3) is 0.480. The second-order valence-corrected chi connectivity index (χ2v) is 11.6. The lowest BCUT2D eigenvalue weighted by molar-refractivity contribution is 0.0911. The summed E-state index contributed by atoms with van der Waals surface area (Å²) in [6, 6.07) is 9.15. The topological polar surface area (TPSA) is 54.5 Å². The Morgan fingerprint density at radius 3 is 2.40 bits per heavy atom. The van der Waals surface area contributed by atoms with E-state index in [0.717, 1.165) is 59.1 Å². The average molecular weight is 426 g/mol. The third kappa shape index (κ3) is 3.74. The van der Waals surface area contributed by atoms with Gasteiger partial charge < -0.3 is 0 Å². The molecule has 0 saturated heterocycles. The summed E-state index contributed by atoms with van der Waals surface area (Å²) in [5.74, 6) is 0.218. The molecular weight excluding hydrogens is 394 g/mol. The molecule has 1 aliphatic carbocycles. The number of carbonyl (C=O) groups excluding carboxylic acids is 1. The van der Waals surface area contributed by atoms with Gasteiger partial charge in [0.1, 0.15) is 0 Å². The highest BCUT2D eigenvalue weighted by molar-refractivity contribution is 7.89. The number of benzene rings is 2. The molecular formula is C25H31NO3S. The smallest absolute Gasteiger partial charge is 0.243 e. The summed E-state index contributed by atoms with van der Waals surface area (Å²) in [7, 11) is -3.57. The molecule has 0 aromatic heterocycles. The van der Waals surface area contributed by atoms with E-state index in [2.05, 4.69) is 26.8 Å². The van der Waals surface area contributed by atoms with E-state index in [9.17, 15) is 13.2 Å². The first-order valence-corrected chi connectivity index (χ1v) is 12.3. The Hall–Kier alpha value is -1.98. The maximum Gasteiger partial charge on any atom is 0.243 e. The third-order valence-corrected chi connectivity index (χ3v) is 8.24. The molecule has 0 saturated carbocycles. The van der Waals surface area contributed by atoms with Gasteiger partial charge in [-0.2, -0.15) is 4.31 Å². The Labute approximate surface area is 180 Å². The quantitative estimate of drug-likeness (QED) is 0.662. The normalized spacial score (nSPS) is 18.3. The van der Waals surface area contributed by atoms with Crippen LogP contribution >= 0.6 is 0 Å². The van der Waals surface area contributed by atoms with Crippen molar-refractivity contribution in [3.8, 4) is 0 Å². The first-order valence-electron chi connectivity index (χ1n) is 10.9. The van der Waals surface area contributed by atoms with Crippen LogP contribution in [-0.4, -0.2) is 18.5 Å². The Kier molecular flexibility index (Phi) is 5.39. The average Bonchev–Trinajstić information content (AvgIpc) is 3.09. The molecule has 0 N–H and O–H groups in total. The molecule has 0 fully saturated rings. The number of unbranched alkanes of at least 4 members (excludes halogenated alkanes) is 1. The number of fused-ring (bicyclic) bond motifs is 2. The van der Waals surface area contributed by atoms with Gasteiger partial charge in [-0.05, 0) is 66.0 Å². The van der Waals surface area contributed by atoms with E-state index in [1.165, 1.54) is 0 Å². The molecule has 0 radical (unpaired) electrons. The van der Waals surface area contributed by atoms with Crippen LogP contribution in [0, 0.1) is 12.3 Å². The molecule has 4 rings (SSSR count). The van der Waals surface area contributed by atoms with Crippen LogP contribution in [0.4, 0.5) is 0 Å². The number of rotatable bonds is 5. The van der Waals surface area contributed by atoms with Gasteiger partial charge in [-0.15, -0.1) is 0 Å². The van der Waals surface area contributed by atoms with Gasteiger partial charge in [0.25, 0.3) is 0 Å². The second-order valence-electron chi connectivity index (χ2n) is 9.66. The summed E-state index contributed by atoms with van der Waals surface area (Å²) in [5, 5.41) is 0. The number of aryl methyl sites for hydroxylation is 1. The fourth-order valence-electron chi connectivity index (χ4n) is 4.92. The predicted octanol–water partition coefficient (Wildman–Crippen LogP) is 5.20. The molecule has 0 spiro atoms. The summed E-state index contributed by atoms with van der Waals surface area (Å²) in [6.45, 7) is 9.11. The molecule has 0 bridgehead atoms. The van der Waals surface area contributed by atoms with Crippen LogP contribution in [0.5, 0.6) is 0 Å². The van der Waals surface area contributed by atoms with E-state index in [0.29, 0.717) is 24.4 Å². The number of sulfonamides is 1. The third-order valence-electron chi connectivity index (χ3n) is 6.43. The highest BCUT2D eigenvalue weighted by Crippen LogP contribution is 2.41. The number of hydrogen-bond acceptors (Lipinski definition) is 3. The SMILES string of the molecule is CCCCc1c2c(cc3c1C(=O)CC(C)(C)C3)CN(S(=O)(=O)c1ccc(C)cc1)C2. The molecule has 2 aromatic rings. The number of Topliss-reactive ketones (excluding diaryl/α,β-unsaturated/α-hetero) is 1. The Morgan fingerprint density at radius 1 is 1.03 bits per heavy atom. The lowest BCUT2D eigenvalue weighted by Gasteiger charge is -2.32. The van der Waals surface area contributed by atoms with Crippen molar-refractivity contribution in [3.05, 3.63) is 63.7 Å². The van der Waals surface area contributed by atoms with Crippen LogP contribution in [0.15, 0.2) is 35.2 Å². The van der Waals surface area contributed by atoms with Gasteiger partial charge in [0.15, 0.2) is 5.78 Å². The first-order chi connectivity index (χ1) is 14.1. The Morgan fingerprint density at radius 2 is 1.73 bits per heavy atom. The van der Waals surface area contributed by atoms with Crippen molar-refractivity contribution >= 4 is 15.8 Å². The Bertz CT molecular complexity index is 1100. The largest absolute Gasteiger partial charge is 0.294 e. The summed E-state index contributed by atoms with van der Waals surface area (Å²) in [5.41, 5.74) is 6.21. The lowest BCUT2D eigenvalue weighted by Crippen LogP contribution is -2.28. The zero-order valence-corrected chi connectivity index (χ0v) is 19.2. The predicted molar refractivity (Wildman–Crippen MR) is 119 cm³/mol. The van der Waals surface area contributed by atoms with E-state index in [1.807, 2.05) is 19.1 Å². The van der Waals surface area contributed by atoms with Crippen molar-refractivity contribution in [2.45, 2.75) is 77.8 Å². The van der Waals surface area contributed by atoms with Gasteiger partial charge in [0.2, 0.25) is 10.0 Å². The van der Waals surface area contributed by atoms with Gasteiger partial charge in [0.05, 0.1) is 4.90 Å². The van der Waals surface area contributed by atoms with Gasteiger partial charge >= 0.3 is 0 Å². The monoisotopic (exact) mass is 425 g/mol. The molecule has 5 heteroatoms. The Balaban J connectivity index is 1.77. The first kappa shape index (κ1) is 21.3. The van der Waals surface area contributed by atoms with Crippen molar-refractivity contribution in [1.82, 2.24) is 4.31 Å². The van der Waals surface area contributed by atoms with E-state index >= 15 is 0 Å². The number of carbonyl (C=O) groups is 1. The van der Waals surface area contributed by atoms with Gasteiger partial charge in [-0.3, -0.25) is 4.79 Å². The summed E-state index contributed by atoms with van der Waals surface area (Å²) >= 11 is 0. The van der Waals surface area contributed by atoms with Crippen LogP contribution in [-0.2, 0) is 36.0 Å². The highest BCUT2D eigenvalue weighted by atomic mass is 32.2. The molecule has 30 heavy (non-hydrogen) atoms. The minimum atomic E-state index is -3.57. The highest BCUT2D eigenvalue weighted by Gasteiger charge is 2.38. The molecule has 4 nitrogen and oxygen atoms in total. The minimum absolute atomic E-state index is 0.0490. The molecule has 0 amide bonds. The molecule has 1 aliphatic heterocycles. The van der Waals surface area contributed by atoms with Crippen molar-refractivity contribution in [2.75, 3.05) is 0 Å². The summed E-state index contributed by atoms with van der Waals surface area (Å²) < 4.78 is 28.1.